The fourth-order valence-electron chi connectivity index (χ4n) is 3.59. The average molecular weight is 335 g/mol. The highest BCUT2D eigenvalue weighted by Gasteiger charge is 2.36. The van der Waals surface area contributed by atoms with E-state index in [4.69, 9.17) is 0 Å². The number of hydrogen-bond acceptors (Lipinski definition) is 5. The lowest BCUT2D eigenvalue weighted by Gasteiger charge is -2.48. The van der Waals surface area contributed by atoms with E-state index in [1.165, 1.54) is 0 Å². The fraction of sp³-hybridized carbons (Fsp3) is 0.667. The zero-order valence-electron chi connectivity index (χ0n) is 15.1. The van der Waals surface area contributed by atoms with Crippen molar-refractivity contribution in [3.63, 3.8) is 0 Å². The number of piperazine rings is 1. The third-order valence-electron chi connectivity index (χ3n) is 4.73. The number of nitrogens with zero attached hydrogens (tertiary/aromatic N) is 3. The van der Waals surface area contributed by atoms with Crippen LogP contribution >= 0.6 is 0 Å². The first-order valence-corrected chi connectivity index (χ1v) is 8.73. The molecule has 0 amide bonds. The van der Waals surface area contributed by atoms with Gasteiger partial charge in [0.05, 0.1) is 10.5 Å². The van der Waals surface area contributed by atoms with Gasteiger partial charge in [-0.3, -0.25) is 15.0 Å². The molecule has 0 unspecified atom stereocenters. The van der Waals surface area contributed by atoms with Crippen LogP contribution in [0.1, 0.15) is 40.5 Å². The summed E-state index contributed by atoms with van der Waals surface area (Å²) in [5.74, 6) is 0. The molecule has 1 saturated heterocycles. The van der Waals surface area contributed by atoms with Gasteiger partial charge >= 0.3 is 0 Å². The number of benzene rings is 1. The van der Waals surface area contributed by atoms with Gasteiger partial charge < -0.3 is 10.0 Å². The van der Waals surface area contributed by atoms with Crippen molar-refractivity contribution in [1.82, 2.24) is 4.90 Å². The van der Waals surface area contributed by atoms with E-state index in [2.05, 4.69) is 23.6 Å². The first-order valence-electron chi connectivity index (χ1n) is 8.73. The standard InChI is InChI=1S/C18H29N3O3/c1-5-14-12-20(16-9-7-8-10-17(16)21(23)24)15(6-2)11-19(14)13-18(3,4)22/h7-10,14-15,22H,5-6,11-13H2,1-4H3/t14-,15-/m0/s1. The Balaban J connectivity index is 2.31. The van der Waals surface area contributed by atoms with Crippen molar-refractivity contribution in [2.45, 2.75) is 58.2 Å². The number of para-hydroxylation sites is 2. The molecule has 1 aliphatic heterocycles. The lowest BCUT2D eigenvalue weighted by Crippen LogP contribution is -2.60. The number of anilines is 1. The molecule has 0 aromatic heterocycles. The number of rotatable bonds is 6. The highest BCUT2D eigenvalue weighted by atomic mass is 16.6. The normalized spacial score (nSPS) is 22.6. The van der Waals surface area contributed by atoms with Crippen LogP contribution in [0.2, 0.25) is 0 Å². The van der Waals surface area contributed by atoms with Crippen molar-refractivity contribution in [2.24, 2.45) is 0 Å². The number of nitro benzene ring substituents is 1. The molecule has 1 aliphatic rings. The number of β-amino-alcohol motifs (C(OH)–C–C–N with tert-alkyl or cyclic N) is 1. The molecular formula is C18H29N3O3. The second-order valence-electron chi connectivity index (χ2n) is 7.26. The first-order chi connectivity index (χ1) is 11.3. The molecule has 6 nitrogen and oxygen atoms in total. The maximum Gasteiger partial charge on any atom is 0.292 e. The average Bonchev–Trinajstić information content (AvgIpc) is 2.53. The molecular weight excluding hydrogens is 306 g/mol. The zero-order valence-corrected chi connectivity index (χ0v) is 15.1. The third kappa shape index (κ3) is 4.24. The highest BCUT2D eigenvalue weighted by molar-refractivity contribution is 5.64. The van der Waals surface area contributed by atoms with Crippen LogP contribution in [-0.4, -0.2) is 52.2 Å². The van der Waals surface area contributed by atoms with E-state index in [0.717, 1.165) is 25.9 Å². The maximum atomic E-state index is 11.4. The summed E-state index contributed by atoms with van der Waals surface area (Å²) in [6, 6.07) is 7.48. The minimum absolute atomic E-state index is 0.168. The van der Waals surface area contributed by atoms with Crippen molar-refractivity contribution < 1.29 is 10.0 Å². The predicted molar refractivity (Wildman–Crippen MR) is 96.5 cm³/mol. The Kier molecular flexibility index (Phi) is 5.83. The molecule has 1 heterocycles. The van der Waals surface area contributed by atoms with Crippen LogP contribution in [-0.2, 0) is 0 Å². The van der Waals surface area contributed by atoms with Crippen LogP contribution < -0.4 is 4.90 Å². The topological polar surface area (TPSA) is 69.8 Å². The predicted octanol–water partition coefficient (Wildman–Crippen LogP) is 3.04. The quantitative estimate of drug-likeness (QED) is 0.639. The van der Waals surface area contributed by atoms with E-state index in [0.29, 0.717) is 12.2 Å². The van der Waals surface area contributed by atoms with E-state index in [-0.39, 0.29) is 22.7 Å². The molecule has 2 rings (SSSR count). The second-order valence-corrected chi connectivity index (χ2v) is 7.26. The van der Waals surface area contributed by atoms with Gasteiger partial charge in [-0.25, -0.2) is 0 Å². The Bertz CT molecular complexity index is 571. The molecule has 2 atom stereocenters. The Morgan fingerprint density at radius 3 is 2.38 bits per heavy atom. The minimum atomic E-state index is -0.743. The van der Waals surface area contributed by atoms with Crippen LogP contribution in [0.25, 0.3) is 0 Å². The van der Waals surface area contributed by atoms with Crippen LogP contribution in [0.4, 0.5) is 11.4 Å². The SMILES string of the molecule is CC[C@H]1CN(c2ccccc2[N+](=O)[O-])[C@@H](CC)CN1CC(C)(C)O. The number of nitro groups is 1. The minimum Gasteiger partial charge on any atom is -0.389 e. The molecule has 1 aromatic rings. The van der Waals surface area contributed by atoms with Gasteiger partial charge in [-0.1, -0.05) is 26.0 Å². The lowest BCUT2D eigenvalue weighted by atomic mass is 9.98. The first kappa shape index (κ1) is 18.7. The molecule has 24 heavy (non-hydrogen) atoms. The monoisotopic (exact) mass is 335 g/mol. The van der Waals surface area contributed by atoms with E-state index >= 15 is 0 Å². The molecule has 0 aliphatic carbocycles. The van der Waals surface area contributed by atoms with Crippen molar-refractivity contribution in [1.29, 1.82) is 0 Å². The van der Waals surface area contributed by atoms with Crippen molar-refractivity contribution in [2.75, 3.05) is 24.5 Å². The summed E-state index contributed by atoms with van der Waals surface area (Å²) in [4.78, 5) is 15.6. The van der Waals surface area contributed by atoms with E-state index in [1.807, 2.05) is 26.0 Å². The Morgan fingerprint density at radius 1 is 1.21 bits per heavy atom. The Hall–Kier alpha value is -1.66. The van der Waals surface area contributed by atoms with Gasteiger partial charge in [-0.15, -0.1) is 0 Å². The van der Waals surface area contributed by atoms with Gasteiger partial charge in [0.25, 0.3) is 5.69 Å². The van der Waals surface area contributed by atoms with Crippen LogP contribution in [0, 0.1) is 10.1 Å². The fourth-order valence-corrected chi connectivity index (χ4v) is 3.59. The summed E-state index contributed by atoms with van der Waals surface area (Å²) in [7, 11) is 0. The lowest BCUT2D eigenvalue weighted by molar-refractivity contribution is -0.384. The number of aliphatic hydroxyl groups is 1. The zero-order chi connectivity index (χ0) is 17.9. The summed E-state index contributed by atoms with van der Waals surface area (Å²) >= 11 is 0. The smallest absolute Gasteiger partial charge is 0.292 e. The summed E-state index contributed by atoms with van der Waals surface area (Å²) in [6.45, 7) is 10.1. The summed E-state index contributed by atoms with van der Waals surface area (Å²) in [5, 5.41) is 21.6. The molecule has 134 valence electrons. The molecule has 0 spiro atoms. The van der Waals surface area contributed by atoms with Crippen molar-refractivity contribution in [3.8, 4) is 0 Å². The van der Waals surface area contributed by atoms with Gasteiger partial charge in [0.2, 0.25) is 0 Å². The second kappa shape index (κ2) is 7.49. The molecule has 1 N–H and O–H groups in total. The highest BCUT2D eigenvalue weighted by Crippen LogP contribution is 2.33. The molecule has 0 radical (unpaired) electrons. The van der Waals surface area contributed by atoms with E-state index in [1.54, 1.807) is 12.1 Å². The molecule has 1 aromatic carbocycles. The maximum absolute atomic E-state index is 11.4. The van der Waals surface area contributed by atoms with Crippen molar-refractivity contribution in [3.05, 3.63) is 34.4 Å². The van der Waals surface area contributed by atoms with Crippen LogP contribution in [0.3, 0.4) is 0 Å². The largest absolute Gasteiger partial charge is 0.389 e. The van der Waals surface area contributed by atoms with Gasteiger partial charge in [-0.05, 0) is 32.8 Å². The molecule has 1 fully saturated rings. The van der Waals surface area contributed by atoms with Gasteiger partial charge in [0, 0.05) is 37.8 Å². The Morgan fingerprint density at radius 2 is 1.83 bits per heavy atom. The van der Waals surface area contributed by atoms with Crippen LogP contribution in [0.15, 0.2) is 24.3 Å². The van der Waals surface area contributed by atoms with Crippen LogP contribution in [0.5, 0.6) is 0 Å². The van der Waals surface area contributed by atoms with Gasteiger partial charge in [0.1, 0.15) is 5.69 Å². The van der Waals surface area contributed by atoms with E-state index < -0.39 is 5.60 Å². The molecule has 0 bridgehead atoms. The van der Waals surface area contributed by atoms with E-state index in [9.17, 15) is 15.2 Å². The number of hydrogen-bond donors (Lipinski definition) is 1. The molecule has 6 heteroatoms. The summed E-state index contributed by atoms with van der Waals surface area (Å²) in [6.07, 6.45) is 1.86. The third-order valence-corrected chi connectivity index (χ3v) is 4.73. The summed E-state index contributed by atoms with van der Waals surface area (Å²) < 4.78 is 0. The molecule has 0 saturated carbocycles. The van der Waals surface area contributed by atoms with Crippen molar-refractivity contribution >= 4 is 11.4 Å². The van der Waals surface area contributed by atoms with Gasteiger partial charge in [-0.2, -0.15) is 0 Å². The Labute approximate surface area is 144 Å². The summed E-state index contributed by atoms with van der Waals surface area (Å²) in [5.41, 5.74) is 0.129. The van der Waals surface area contributed by atoms with Gasteiger partial charge in [0.15, 0.2) is 0 Å².